The lowest BCUT2D eigenvalue weighted by atomic mass is 10.3. The van der Waals surface area contributed by atoms with E-state index in [1.807, 2.05) is 54.5 Å². The smallest absolute Gasteiger partial charge is 0.138 e. The molecule has 0 aromatic carbocycles. The highest BCUT2D eigenvalue weighted by atomic mass is 15.1. The molecule has 3 aromatic rings. The summed E-state index contributed by atoms with van der Waals surface area (Å²) in [6, 6.07) is 6.05. The quantitative estimate of drug-likeness (QED) is 0.751. The SMILES string of the molecule is Cc1nccn1-c1ccc(NCc2cc[nH]c2)cn1. The largest absolute Gasteiger partial charge is 0.380 e. The Kier molecular flexibility index (Phi) is 3.02. The van der Waals surface area contributed by atoms with Crippen LogP contribution in [0.15, 0.2) is 49.2 Å². The van der Waals surface area contributed by atoms with E-state index in [2.05, 4.69) is 20.3 Å². The number of anilines is 1. The van der Waals surface area contributed by atoms with E-state index in [0.29, 0.717) is 0 Å². The molecule has 0 bridgehead atoms. The molecule has 5 heteroatoms. The minimum Gasteiger partial charge on any atom is -0.380 e. The normalized spacial score (nSPS) is 10.6. The fourth-order valence-electron chi connectivity index (χ4n) is 1.93. The van der Waals surface area contributed by atoms with Crippen molar-refractivity contribution < 1.29 is 0 Å². The number of hydrogen-bond acceptors (Lipinski definition) is 3. The molecule has 96 valence electrons. The number of nitrogens with zero attached hydrogens (tertiary/aromatic N) is 3. The van der Waals surface area contributed by atoms with E-state index in [1.54, 1.807) is 6.20 Å². The molecule has 3 aromatic heterocycles. The van der Waals surface area contributed by atoms with Gasteiger partial charge in [0.15, 0.2) is 0 Å². The van der Waals surface area contributed by atoms with Crippen LogP contribution in [-0.2, 0) is 6.54 Å². The fraction of sp³-hybridized carbons (Fsp3) is 0.143. The molecule has 0 fully saturated rings. The molecule has 0 amide bonds. The van der Waals surface area contributed by atoms with Crippen molar-refractivity contribution >= 4 is 5.69 Å². The van der Waals surface area contributed by atoms with E-state index in [4.69, 9.17) is 0 Å². The first-order valence-corrected chi connectivity index (χ1v) is 6.15. The number of imidazole rings is 1. The van der Waals surface area contributed by atoms with E-state index < -0.39 is 0 Å². The lowest BCUT2D eigenvalue weighted by molar-refractivity contribution is 0.932. The standard InChI is InChI=1S/C14H15N5/c1-11-16-6-7-19(11)14-3-2-13(10-18-14)17-9-12-4-5-15-8-12/h2-8,10,15,17H,9H2,1H3. The van der Waals surface area contributed by atoms with Crippen LogP contribution in [0.1, 0.15) is 11.4 Å². The molecule has 0 aliphatic rings. The van der Waals surface area contributed by atoms with Crippen molar-refractivity contribution in [3.63, 3.8) is 0 Å². The first-order valence-electron chi connectivity index (χ1n) is 6.15. The maximum Gasteiger partial charge on any atom is 0.138 e. The van der Waals surface area contributed by atoms with Gasteiger partial charge in [-0.25, -0.2) is 9.97 Å². The molecule has 0 spiro atoms. The molecule has 0 atom stereocenters. The van der Waals surface area contributed by atoms with Crippen molar-refractivity contribution in [2.45, 2.75) is 13.5 Å². The number of hydrogen-bond donors (Lipinski definition) is 2. The fourth-order valence-corrected chi connectivity index (χ4v) is 1.93. The predicted octanol–water partition coefficient (Wildman–Crippen LogP) is 2.52. The van der Waals surface area contributed by atoms with Gasteiger partial charge in [-0.3, -0.25) is 4.57 Å². The maximum atomic E-state index is 4.43. The van der Waals surface area contributed by atoms with Crippen LogP contribution in [0.3, 0.4) is 0 Å². The lowest BCUT2D eigenvalue weighted by Gasteiger charge is -2.07. The van der Waals surface area contributed by atoms with Crippen LogP contribution in [0.5, 0.6) is 0 Å². The second-order valence-electron chi connectivity index (χ2n) is 4.32. The van der Waals surface area contributed by atoms with E-state index in [9.17, 15) is 0 Å². The van der Waals surface area contributed by atoms with Crippen molar-refractivity contribution in [3.05, 3.63) is 60.6 Å². The van der Waals surface area contributed by atoms with Crippen LogP contribution in [0.25, 0.3) is 5.82 Å². The Morgan fingerprint density at radius 1 is 1.26 bits per heavy atom. The molecule has 0 saturated heterocycles. The van der Waals surface area contributed by atoms with Crippen LogP contribution in [0.2, 0.25) is 0 Å². The second-order valence-corrected chi connectivity index (χ2v) is 4.32. The van der Waals surface area contributed by atoms with Gasteiger partial charge in [-0.15, -0.1) is 0 Å². The molecule has 5 nitrogen and oxygen atoms in total. The zero-order valence-corrected chi connectivity index (χ0v) is 10.7. The summed E-state index contributed by atoms with van der Waals surface area (Å²) in [6.07, 6.45) is 9.41. The number of aromatic amines is 1. The minimum atomic E-state index is 0.786. The van der Waals surface area contributed by atoms with E-state index in [1.165, 1.54) is 5.56 Å². The number of nitrogens with one attached hydrogen (secondary N) is 2. The highest BCUT2D eigenvalue weighted by molar-refractivity contribution is 5.44. The van der Waals surface area contributed by atoms with Crippen LogP contribution in [0.4, 0.5) is 5.69 Å². The molecule has 3 heterocycles. The van der Waals surface area contributed by atoms with Crippen LogP contribution in [-0.4, -0.2) is 19.5 Å². The molecule has 0 saturated carbocycles. The summed E-state index contributed by atoms with van der Waals surface area (Å²) in [4.78, 5) is 11.7. The molecule has 0 radical (unpaired) electrons. The average Bonchev–Trinajstić information content (AvgIpc) is 3.08. The van der Waals surface area contributed by atoms with Crippen molar-refractivity contribution in [1.82, 2.24) is 19.5 Å². The molecule has 3 rings (SSSR count). The third-order valence-electron chi connectivity index (χ3n) is 2.98. The third kappa shape index (κ3) is 2.49. The predicted molar refractivity (Wildman–Crippen MR) is 74.2 cm³/mol. The monoisotopic (exact) mass is 253 g/mol. The Morgan fingerprint density at radius 3 is 2.84 bits per heavy atom. The van der Waals surface area contributed by atoms with Crippen molar-refractivity contribution in [3.8, 4) is 5.82 Å². The Balaban J connectivity index is 1.71. The Morgan fingerprint density at radius 2 is 2.21 bits per heavy atom. The Hall–Kier alpha value is -2.56. The maximum absolute atomic E-state index is 4.43. The summed E-state index contributed by atoms with van der Waals surface area (Å²) in [5.74, 6) is 1.81. The minimum absolute atomic E-state index is 0.786. The summed E-state index contributed by atoms with van der Waals surface area (Å²) < 4.78 is 1.95. The van der Waals surface area contributed by atoms with Crippen molar-refractivity contribution in [1.29, 1.82) is 0 Å². The number of pyridine rings is 1. The molecule has 2 N–H and O–H groups in total. The molecule has 19 heavy (non-hydrogen) atoms. The van der Waals surface area contributed by atoms with Gasteiger partial charge in [-0.05, 0) is 30.7 Å². The highest BCUT2D eigenvalue weighted by Crippen LogP contribution is 2.12. The van der Waals surface area contributed by atoms with Gasteiger partial charge < -0.3 is 10.3 Å². The van der Waals surface area contributed by atoms with Gasteiger partial charge in [-0.1, -0.05) is 0 Å². The summed E-state index contributed by atoms with van der Waals surface area (Å²) in [5.41, 5.74) is 2.22. The number of aromatic nitrogens is 4. The van der Waals surface area contributed by atoms with Gasteiger partial charge in [0.2, 0.25) is 0 Å². The molecule has 0 aliphatic heterocycles. The lowest BCUT2D eigenvalue weighted by Crippen LogP contribution is -2.01. The van der Waals surface area contributed by atoms with E-state index in [0.717, 1.165) is 23.9 Å². The average molecular weight is 253 g/mol. The number of H-pyrrole nitrogens is 1. The molecule has 0 aliphatic carbocycles. The Bertz CT molecular complexity index is 637. The van der Waals surface area contributed by atoms with E-state index in [-0.39, 0.29) is 0 Å². The second kappa shape index (κ2) is 4.97. The van der Waals surface area contributed by atoms with Crippen LogP contribution < -0.4 is 5.32 Å². The van der Waals surface area contributed by atoms with E-state index >= 15 is 0 Å². The van der Waals surface area contributed by atoms with Gasteiger partial charge in [0.1, 0.15) is 11.6 Å². The third-order valence-corrected chi connectivity index (χ3v) is 2.98. The summed E-state index contributed by atoms with van der Waals surface area (Å²) in [6.45, 7) is 2.74. The topological polar surface area (TPSA) is 58.5 Å². The number of rotatable bonds is 4. The van der Waals surface area contributed by atoms with Gasteiger partial charge in [0.05, 0.1) is 11.9 Å². The molecular weight excluding hydrogens is 238 g/mol. The first-order chi connectivity index (χ1) is 9.33. The van der Waals surface area contributed by atoms with Gasteiger partial charge in [-0.2, -0.15) is 0 Å². The highest BCUT2D eigenvalue weighted by Gasteiger charge is 2.01. The zero-order chi connectivity index (χ0) is 13.1. The Labute approximate surface area is 111 Å². The van der Waals surface area contributed by atoms with Crippen molar-refractivity contribution in [2.75, 3.05) is 5.32 Å². The summed E-state index contributed by atoms with van der Waals surface area (Å²) >= 11 is 0. The zero-order valence-electron chi connectivity index (χ0n) is 10.7. The van der Waals surface area contributed by atoms with Crippen LogP contribution in [0, 0.1) is 6.92 Å². The number of aryl methyl sites for hydroxylation is 1. The van der Waals surface area contributed by atoms with Gasteiger partial charge >= 0.3 is 0 Å². The molecular formula is C14H15N5. The summed E-state index contributed by atoms with van der Waals surface area (Å²) in [7, 11) is 0. The van der Waals surface area contributed by atoms with Gasteiger partial charge in [0.25, 0.3) is 0 Å². The van der Waals surface area contributed by atoms with Gasteiger partial charge in [0, 0.05) is 31.3 Å². The summed E-state index contributed by atoms with van der Waals surface area (Å²) in [5, 5.41) is 3.33. The van der Waals surface area contributed by atoms with Crippen LogP contribution >= 0.6 is 0 Å². The molecule has 0 unspecified atom stereocenters. The van der Waals surface area contributed by atoms with Crippen molar-refractivity contribution in [2.24, 2.45) is 0 Å². The first kappa shape index (κ1) is 11.5.